The Morgan fingerprint density at radius 1 is 1.00 bits per heavy atom. The van der Waals surface area contributed by atoms with Crippen LogP contribution in [0.5, 0.6) is 0 Å². The number of hydrogen-bond donors (Lipinski definition) is 0. The van der Waals surface area contributed by atoms with E-state index in [0.29, 0.717) is 16.2 Å². The van der Waals surface area contributed by atoms with Gasteiger partial charge in [0.1, 0.15) is 5.52 Å². The second-order valence-corrected chi connectivity index (χ2v) is 8.22. The van der Waals surface area contributed by atoms with Crippen LogP contribution in [0, 0.1) is 6.92 Å². The Balaban J connectivity index is 1.88. The molecular formula is C19H14ClN3O2S. The van der Waals surface area contributed by atoms with Crippen molar-refractivity contribution in [3.8, 4) is 11.3 Å². The lowest BCUT2D eigenvalue weighted by Gasteiger charge is -2.05. The van der Waals surface area contributed by atoms with Gasteiger partial charge in [0.2, 0.25) is 9.84 Å². The fourth-order valence-corrected chi connectivity index (χ4v) is 4.17. The maximum atomic E-state index is 13.0. The Morgan fingerprint density at radius 2 is 1.69 bits per heavy atom. The highest BCUT2D eigenvalue weighted by atomic mass is 35.5. The largest absolute Gasteiger partial charge is 0.241 e. The summed E-state index contributed by atoms with van der Waals surface area (Å²) in [5, 5.41) is 5.07. The minimum atomic E-state index is -3.75. The van der Waals surface area contributed by atoms with Crippen molar-refractivity contribution in [2.75, 3.05) is 0 Å². The molecule has 130 valence electrons. The van der Waals surface area contributed by atoms with Gasteiger partial charge in [0.05, 0.1) is 10.6 Å². The zero-order chi connectivity index (χ0) is 18.3. The number of aromatic nitrogens is 3. The van der Waals surface area contributed by atoms with Crippen LogP contribution in [0.15, 0.2) is 76.9 Å². The molecule has 7 heteroatoms. The van der Waals surface area contributed by atoms with Crippen LogP contribution in [-0.2, 0) is 9.84 Å². The number of fused-ring (bicyclic) bond motifs is 1. The van der Waals surface area contributed by atoms with Crippen molar-refractivity contribution in [1.29, 1.82) is 0 Å². The van der Waals surface area contributed by atoms with E-state index in [1.54, 1.807) is 48.7 Å². The van der Waals surface area contributed by atoms with E-state index in [-0.39, 0.29) is 9.92 Å². The molecule has 0 saturated heterocycles. The van der Waals surface area contributed by atoms with Crippen LogP contribution in [-0.4, -0.2) is 23.0 Å². The van der Waals surface area contributed by atoms with Gasteiger partial charge >= 0.3 is 0 Å². The van der Waals surface area contributed by atoms with Crippen molar-refractivity contribution in [3.05, 3.63) is 77.6 Å². The van der Waals surface area contributed by atoms with Crippen molar-refractivity contribution >= 4 is 27.0 Å². The smallest absolute Gasteiger partial charge is 0.226 e. The molecule has 0 aliphatic rings. The van der Waals surface area contributed by atoms with Gasteiger partial charge in [-0.25, -0.2) is 17.9 Å². The van der Waals surface area contributed by atoms with E-state index < -0.39 is 9.84 Å². The molecule has 0 aliphatic heterocycles. The van der Waals surface area contributed by atoms with Crippen LogP contribution < -0.4 is 0 Å². The first kappa shape index (κ1) is 16.8. The highest BCUT2D eigenvalue weighted by molar-refractivity contribution is 7.91. The number of aryl methyl sites for hydroxylation is 1. The van der Waals surface area contributed by atoms with Crippen LogP contribution in [0.2, 0.25) is 5.02 Å². The molecule has 26 heavy (non-hydrogen) atoms. The van der Waals surface area contributed by atoms with E-state index in [1.807, 2.05) is 19.1 Å². The lowest BCUT2D eigenvalue weighted by atomic mass is 10.1. The molecule has 4 aromatic rings. The fraction of sp³-hybridized carbons (Fsp3) is 0.0526. The topological polar surface area (TPSA) is 64.3 Å². The number of nitrogens with zero attached hydrogens (tertiary/aromatic N) is 3. The van der Waals surface area contributed by atoms with Crippen molar-refractivity contribution in [2.45, 2.75) is 16.8 Å². The van der Waals surface area contributed by atoms with Crippen molar-refractivity contribution < 1.29 is 8.42 Å². The summed E-state index contributed by atoms with van der Waals surface area (Å²) < 4.78 is 27.6. The maximum absolute atomic E-state index is 13.0. The summed E-state index contributed by atoms with van der Waals surface area (Å²) in [6.45, 7) is 1.91. The zero-order valence-corrected chi connectivity index (χ0v) is 15.4. The Labute approximate surface area is 155 Å². The summed E-state index contributed by atoms with van der Waals surface area (Å²) in [5.74, 6) is 0. The van der Waals surface area contributed by atoms with E-state index in [9.17, 15) is 8.42 Å². The second-order valence-electron chi connectivity index (χ2n) is 5.92. The van der Waals surface area contributed by atoms with Gasteiger partial charge in [0, 0.05) is 23.0 Å². The Bertz CT molecular complexity index is 1200. The summed E-state index contributed by atoms with van der Waals surface area (Å²) in [6.07, 6.45) is 3.07. The first-order valence-corrected chi connectivity index (χ1v) is 9.73. The van der Waals surface area contributed by atoms with Crippen LogP contribution in [0.3, 0.4) is 0 Å². The molecule has 0 spiro atoms. The average Bonchev–Trinajstić information content (AvgIpc) is 3.06. The third-order valence-electron chi connectivity index (χ3n) is 4.08. The molecule has 0 amide bonds. The standard InChI is InChI=1S/C19H14ClN3O2S/c1-13-2-8-16(9-3-13)26(24,25)19-18-12-17(22-23(18)11-10-21-19)14-4-6-15(20)7-5-14/h2-12H,1H3. The molecule has 4 rings (SSSR count). The summed E-state index contributed by atoms with van der Waals surface area (Å²) >= 11 is 5.93. The molecule has 0 radical (unpaired) electrons. The lowest BCUT2D eigenvalue weighted by Crippen LogP contribution is -2.06. The molecule has 2 aromatic heterocycles. The van der Waals surface area contributed by atoms with Crippen molar-refractivity contribution in [1.82, 2.24) is 14.6 Å². The quantitative estimate of drug-likeness (QED) is 0.532. The normalized spacial score (nSPS) is 11.8. The number of rotatable bonds is 3. The van der Waals surface area contributed by atoms with Gasteiger partial charge in [0.25, 0.3) is 0 Å². The van der Waals surface area contributed by atoms with Gasteiger partial charge in [0.15, 0.2) is 5.03 Å². The Hall–Kier alpha value is -2.70. The number of sulfone groups is 1. The second kappa shape index (κ2) is 6.23. The Kier molecular flexibility index (Phi) is 4.01. The SMILES string of the molecule is Cc1ccc(S(=O)(=O)c2nccn3nc(-c4ccc(Cl)cc4)cc23)cc1. The molecule has 0 aliphatic carbocycles. The average molecular weight is 384 g/mol. The van der Waals surface area contributed by atoms with E-state index in [2.05, 4.69) is 10.1 Å². The van der Waals surface area contributed by atoms with Gasteiger partial charge in [-0.15, -0.1) is 0 Å². The summed E-state index contributed by atoms with van der Waals surface area (Å²) in [6, 6.07) is 15.6. The van der Waals surface area contributed by atoms with E-state index in [0.717, 1.165) is 11.1 Å². The summed E-state index contributed by atoms with van der Waals surface area (Å²) in [7, 11) is -3.75. The minimum absolute atomic E-state index is 0.0171. The van der Waals surface area contributed by atoms with Crippen molar-refractivity contribution in [3.63, 3.8) is 0 Å². The van der Waals surface area contributed by atoms with Gasteiger partial charge in [-0.3, -0.25) is 0 Å². The van der Waals surface area contributed by atoms with Crippen molar-refractivity contribution in [2.24, 2.45) is 0 Å². The van der Waals surface area contributed by atoms with Crippen LogP contribution >= 0.6 is 11.6 Å². The third-order valence-corrected chi connectivity index (χ3v) is 6.05. The molecule has 0 atom stereocenters. The molecule has 2 heterocycles. The van der Waals surface area contributed by atoms with E-state index >= 15 is 0 Å². The minimum Gasteiger partial charge on any atom is -0.241 e. The molecule has 5 nitrogen and oxygen atoms in total. The highest BCUT2D eigenvalue weighted by Crippen LogP contribution is 2.27. The number of benzene rings is 2. The van der Waals surface area contributed by atoms with Gasteiger partial charge in [-0.2, -0.15) is 5.10 Å². The monoisotopic (exact) mass is 383 g/mol. The highest BCUT2D eigenvalue weighted by Gasteiger charge is 2.23. The van der Waals surface area contributed by atoms with E-state index in [4.69, 9.17) is 11.6 Å². The fourth-order valence-electron chi connectivity index (χ4n) is 2.70. The lowest BCUT2D eigenvalue weighted by molar-refractivity contribution is 0.592. The first-order chi connectivity index (χ1) is 12.4. The number of halogens is 1. The molecule has 0 saturated carbocycles. The van der Waals surface area contributed by atoms with Gasteiger partial charge in [-0.05, 0) is 37.3 Å². The molecule has 0 bridgehead atoms. The number of hydrogen-bond acceptors (Lipinski definition) is 4. The first-order valence-electron chi connectivity index (χ1n) is 7.87. The van der Waals surface area contributed by atoms with Crippen LogP contribution in [0.4, 0.5) is 0 Å². The van der Waals surface area contributed by atoms with Gasteiger partial charge < -0.3 is 0 Å². The molecular weight excluding hydrogens is 370 g/mol. The third kappa shape index (κ3) is 2.87. The summed E-state index contributed by atoms with van der Waals surface area (Å²) in [5.41, 5.74) is 2.91. The zero-order valence-electron chi connectivity index (χ0n) is 13.8. The maximum Gasteiger partial charge on any atom is 0.226 e. The predicted octanol–water partition coefficient (Wildman–Crippen LogP) is 4.19. The molecule has 0 unspecified atom stereocenters. The molecule has 0 fully saturated rings. The van der Waals surface area contributed by atoms with Crippen LogP contribution in [0.1, 0.15) is 5.56 Å². The molecule has 0 N–H and O–H groups in total. The predicted molar refractivity (Wildman–Crippen MR) is 100 cm³/mol. The van der Waals surface area contributed by atoms with Gasteiger partial charge in [-0.1, -0.05) is 41.4 Å². The van der Waals surface area contributed by atoms with Crippen LogP contribution in [0.25, 0.3) is 16.8 Å². The molecule has 2 aromatic carbocycles. The Morgan fingerprint density at radius 3 is 2.38 bits per heavy atom. The summed E-state index contributed by atoms with van der Waals surface area (Å²) in [4.78, 5) is 4.34. The van der Waals surface area contributed by atoms with E-state index in [1.165, 1.54) is 10.7 Å².